The molecule has 0 atom stereocenters. The molecule has 2 heterocycles. The Labute approximate surface area is 127 Å². The van der Waals surface area contributed by atoms with Crippen LogP contribution in [0.5, 0.6) is 0 Å². The highest BCUT2D eigenvalue weighted by molar-refractivity contribution is 5.75. The van der Waals surface area contributed by atoms with Gasteiger partial charge in [0.05, 0.1) is 18.0 Å². The van der Waals surface area contributed by atoms with E-state index in [1.54, 1.807) is 30.3 Å². The first kappa shape index (κ1) is 14.8. The Morgan fingerprint density at radius 2 is 1.91 bits per heavy atom. The quantitative estimate of drug-likeness (QED) is 0.725. The van der Waals surface area contributed by atoms with Crippen LogP contribution in [0.4, 0.5) is 13.2 Å². The second-order valence-corrected chi connectivity index (χ2v) is 4.61. The Kier molecular flexibility index (Phi) is 3.37. The summed E-state index contributed by atoms with van der Waals surface area (Å²) in [5.74, 6) is -1.42. The molecule has 1 aromatic carbocycles. The SMILES string of the molecule is N#CCn1c(C(F)(F)F)nc2c(cnn2-c2ccccc2)c1=O. The first-order valence-corrected chi connectivity index (χ1v) is 6.41. The molecule has 0 spiro atoms. The summed E-state index contributed by atoms with van der Waals surface area (Å²) in [6, 6.07) is 9.90. The molecule has 0 saturated carbocycles. The largest absolute Gasteiger partial charge is 0.449 e. The van der Waals surface area contributed by atoms with Gasteiger partial charge in [-0.2, -0.15) is 23.5 Å². The highest BCUT2D eigenvalue weighted by atomic mass is 19.4. The van der Waals surface area contributed by atoms with Crippen LogP contribution < -0.4 is 5.56 Å². The second kappa shape index (κ2) is 5.24. The van der Waals surface area contributed by atoms with Crippen molar-refractivity contribution >= 4 is 11.0 Å². The molecule has 116 valence electrons. The van der Waals surface area contributed by atoms with E-state index in [4.69, 9.17) is 5.26 Å². The molecule has 6 nitrogen and oxygen atoms in total. The number of aromatic nitrogens is 4. The molecule has 3 rings (SSSR count). The van der Waals surface area contributed by atoms with Crippen molar-refractivity contribution in [3.63, 3.8) is 0 Å². The van der Waals surface area contributed by atoms with Gasteiger partial charge in [0.15, 0.2) is 5.65 Å². The van der Waals surface area contributed by atoms with Gasteiger partial charge >= 0.3 is 6.18 Å². The first-order chi connectivity index (χ1) is 10.9. The van der Waals surface area contributed by atoms with Crippen molar-refractivity contribution in [3.8, 4) is 11.8 Å². The number of benzene rings is 1. The van der Waals surface area contributed by atoms with E-state index in [-0.39, 0.29) is 11.0 Å². The Morgan fingerprint density at radius 1 is 1.22 bits per heavy atom. The third kappa shape index (κ3) is 2.44. The van der Waals surface area contributed by atoms with Gasteiger partial charge in [-0.25, -0.2) is 9.67 Å². The van der Waals surface area contributed by atoms with E-state index in [0.717, 1.165) is 10.9 Å². The summed E-state index contributed by atoms with van der Waals surface area (Å²) in [5.41, 5.74) is -0.686. The zero-order valence-corrected chi connectivity index (χ0v) is 11.4. The van der Waals surface area contributed by atoms with Gasteiger partial charge in [0.1, 0.15) is 11.9 Å². The molecule has 0 unspecified atom stereocenters. The Morgan fingerprint density at radius 3 is 2.52 bits per heavy atom. The predicted molar refractivity (Wildman–Crippen MR) is 73.7 cm³/mol. The van der Waals surface area contributed by atoms with Gasteiger partial charge in [-0.1, -0.05) is 18.2 Å². The van der Waals surface area contributed by atoms with E-state index < -0.39 is 24.1 Å². The highest BCUT2D eigenvalue weighted by Crippen LogP contribution is 2.28. The minimum Gasteiger partial charge on any atom is -0.274 e. The number of hydrogen-bond acceptors (Lipinski definition) is 4. The van der Waals surface area contributed by atoms with Gasteiger partial charge < -0.3 is 0 Å². The van der Waals surface area contributed by atoms with Gasteiger partial charge in [0.2, 0.25) is 5.82 Å². The Balaban J connectivity index is 2.37. The molecule has 0 aliphatic carbocycles. The number of fused-ring (bicyclic) bond motifs is 1. The molecule has 0 fully saturated rings. The standard InChI is InChI=1S/C14H8F3N5O/c15-14(16,17)13-20-11-10(12(23)21(13)7-6-18)8-19-22(11)9-4-2-1-3-5-9/h1-5,8H,7H2. The summed E-state index contributed by atoms with van der Waals surface area (Å²) >= 11 is 0. The molecule has 0 amide bonds. The average Bonchev–Trinajstić information content (AvgIpc) is 2.94. The van der Waals surface area contributed by atoms with Crippen LogP contribution in [0.3, 0.4) is 0 Å². The summed E-state index contributed by atoms with van der Waals surface area (Å²) in [7, 11) is 0. The molecule has 0 saturated heterocycles. The number of nitrogens with zero attached hydrogens (tertiary/aromatic N) is 5. The molecule has 0 radical (unpaired) electrons. The summed E-state index contributed by atoms with van der Waals surface area (Å²) in [4.78, 5) is 15.8. The fraction of sp³-hybridized carbons (Fsp3) is 0.143. The minimum atomic E-state index is -4.87. The van der Waals surface area contributed by atoms with Crippen LogP contribution in [-0.2, 0) is 12.7 Å². The number of nitriles is 1. The van der Waals surface area contributed by atoms with Gasteiger partial charge in [0.25, 0.3) is 5.56 Å². The maximum Gasteiger partial charge on any atom is 0.449 e. The van der Waals surface area contributed by atoms with Gasteiger partial charge in [0, 0.05) is 0 Å². The van der Waals surface area contributed by atoms with Gasteiger partial charge in [-0.15, -0.1) is 0 Å². The number of alkyl halides is 3. The Hall–Kier alpha value is -3.15. The lowest BCUT2D eigenvalue weighted by molar-refractivity contribution is -0.147. The van der Waals surface area contributed by atoms with Crippen LogP contribution in [0.15, 0.2) is 41.3 Å². The van der Waals surface area contributed by atoms with Gasteiger partial charge in [-0.3, -0.25) is 9.36 Å². The molecule has 0 aliphatic rings. The van der Waals surface area contributed by atoms with Crippen molar-refractivity contribution in [3.05, 3.63) is 52.7 Å². The molecule has 0 bridgehead atoms. The average molecular weight is 319 g/mol. The molecule has 0 N–H and O–H groups in total. The van der Waals surface area contributed by atoms with Gasteiger partial charge in [-0.05, 0) is 12.1 Å². The summed E-state index contributed by atoms with van der Waals surface area (Å²) in [6.45, 7) is -0.743. The summed E-state index contributed by atoms with van der Waals surface area (Å²) < 4.78 is 40.9. The van der Waals surface area contributed by atoms with Crippen molar-refractivity contribution in [2.45, 2.75) is 12.7 Å². The van der Waals surface area contributed by atoms with E-state index in [0.29, 0.717) is 10.3 Å². The molecule has 0 aliphatic heterocycles. The predicted octanol–water partition coefficient (Wildman–Crippen LogP) is 2.12. The molecule has 23 heavy (non-hydrogen) atoms. The minimum absolute atomic E-state index is 0.0860. The van der Waals surface area contributed by atoms with E-state index in [2.05, 4.69) is 10.1 Å². The third-order valence-electron chi connectivity index (χ3n) is 3.17. The third-order valence-corrected chi connectivity index (χ3v) is 3.17. The second-order valence-electron chi connectivity index (χ2n) is 4.61. The van der Waals surface area contributed by atoms with E-state index in [9.17, 15) is 18.0 Å². The van der Waals surface area contributed by atoms with Crippen LogP contribution in [0.2, 0.25) is 0 Å². The normalized spacial score (nSPS) is 11.6. The van der Waals surface area contributed by atoms with Crippen LogP contribution >= 0.6 is 0 Å². The number of rotatable bonds is 2. The van der Waals surface area contributed by atoms with Crippen molar-refractivity contribution in [1.29, 1.82) is 5.26 Å². The van der Waals surface area contributed by atoms with Crippen molar-refractivity contribution < 1.29 is 13.2 Å². The fourth-order valence-electron chi connectivity index (χ4n) is 2.19. The molecule has 9 heteroatoms. The van der Waals surface area contributed by atoms with Crippen LogP contribution in [0, 0.1) is 11.3 Å². The van der Waals surface area contributed by atoms with Crippen LogP contribution in [0.25, 0.3) is 16.7 Å². The first-order valence-electron chi connectivity index (χ1n) is 6.41. The van der Waals surface area contributed by atoms with E-state index in [1.807, 2.05) is 0 Å². The van der Waals surface area contributed by atoms with Crippen LogP contribution in [-0.4, -0.2) is 19.3 Å². The number of hydrogen-bond donors (Lipinski definition) is 0. The molecular weight excluding hydrogens is 311 g/mol. The Bertz CT molecular complexity index is 966. The number of halogens is 3. The lowest BCUT2D eigenvalue weighted by atomic mass is 10.3. The fourth-order valence-corrected chi connectivity index (χ4v) is 2.19. The maximum absolute atomic E-state index is 13.2. The van der Waals surface area contributed by atoms with Crippen molar-refractivity contribution in [2.75, 3.05) is 0 Å². The zero-order chi connectivity index (χ0) is 16.6. The number of para-hydroxylation sites is 1. The van der Waals surface area contributed by atoms with Crippen LogP contribution in [0.1, 0.15) is 5.82 Å². The smallest absolute Gasteiger partial charge is 0.274 e. The molecule has 2 aromatic heterocycles. The lowest BCUT2D eigenvalue weighted by Gasteiger charge is -2.12. The summed E-state index contributed by atoms with van der Waals surface area (Å²) in [5, 5.41) is 12.5. The topological polar surface area (TPSA) is 76.5 Å². The van der Waals surface area contributed by atoms with E-state index >= 15 is 0 Å². The highest BCUT2D eigenvalue weighted by Gasteiger charge is 2.38. The summed E-state index contributed by atoms with van der Waals surface area (Å²) in [6.07, 6.45) is -3.72. The van der Waals surface area contributed by atoms with Crippen molar-refractivity contribution in [1.82, 2.24) is 19.3 Å². The zero-order valence-electron chi connectivity index (χ0n) is 11.4. The molecule has 3 aromatic rings. The molecular formula is C14H8F3N5O. The van der Waals surface area contributed by atoms with Crippen molar-refractivity contribution in [2.24, 2.45) is 0 Å². The monoisotopic (exact) mass is 319 g/mol. The maximum atomic E-state index is 13.2. The lowest BCUT2D eigenvalue weighted by Crippen LogP contribution is -2.29. The van der Waals surface area contributed by atoms with E-state index in [1.165, 1.54) is 6.07 Å².